The van der Waals surface area contributed by atoms with Crippen LogP contribution in [0.3, 0.4) is 0 Å². The molecule has 0 aromatic heterocycles. The SMILES string of the molecule is CCc1ccc(C(=O)N2CCN(C(=O)C3CCCNC3)CC2)cc1. The Morgan fingerprint density at radius 2 is 1.75 bits per heavy atom. The van der Waals surface area contributed by atoms with E-state index in [1.807, 2.05) is 34.1 Å². The van der Waals surface area contributed by atoms with Gasteiger partial charge in [-0.2, -0.15) is 0 Å². The van der Waals surface area contributed by atoms with E-state index in [0.29, 0.717) is 26.2 Å². The van der Waals surface area contributed by atoms with E-state index >= 15 is 0 Å². The molecule has 130 valence electrons. The third-order valence-electron chi connectivity index (χ3n) is 5.13. The van der Waals surface area contributed by atoms with Gasteiger partial charge in [-0.25, -0.2) is 0 Å². The minimum absolute atomic E-state index is 0.0732. The predicted molar refractivity (Wildman–Crippen MR) is 93.9 cm³/mol. The fourth-order valence-corrected chi connectivity index (χ4v) is 3.52. The molecule has 5 heteroatoms. The summed E-state index contributed by atoms with van der Waals surface area (Å²) >= 11 is 0. The Labute approximate surface area is 144 Å². The molecule has 1 aromatic rings. The van der Waals surface area contributed by atoms with E-state index in [9.17, 15) is 9.59 Å². The first-order valence-electron chi connectivity index (χ1n) is 9.06. The number of carbonyl (C=O) groups excluding carboxylic acids is 2. The van der Waals surface area contributed by atoms with Crippen LogP contribution in [0.2, 0.25) is 0 Å². The quantitative estimate of drug-likeness (QED) is 0.915. The van der Waals surface area contributed by atoms with Crippen LogP contribution in [0.1, 0.15) is 35.7 Å². The number of benzene rings is 1. The molecule has 2 fully saturated rings. The Balaban J connectivity index is 1.54. The van der Waals surface area contributed by atoms with Crippen molar-refractivity contribution in [1.82, 2.24) is 15.1 Å². The second kappa shape index (κ2) is 7.79. The second-order valence-electron chi connectivity index (χ2n) is 6.71. The Kier molecular flexibility index (Phi) is 5.51. The summed E-state index contributed by atoms with van der Waals surface area (Å²) in [5.74, 6) is 0.438. The monoisotopic (exact) mass is 329 g/mol. The molecule has 2 aliphatic rings. The number of nitrogens with one attached hydrogen (secondary N) is 1. The number of piperazine rings is 1. The van der Waals surface area contributed by atoms with Gasteiger partial charge < -0.3 is 15.1 Å². The van der Waals surface area contributed by atoms with Gasteiger partial charge >= 0.3 is 0 Å². The van der Waals surface area contributed by atoms with Gasteiger partial charge in [0, 0.05) is 38.3 Å². The van der Waals surface area contributed by atoms with Crippen molar-refractivity contribution in [2.75, 3.05) is 39.3 Å². The standard InChI is InChI=1S/C19H27N3O2/c1-2-15-5-7-16(8-6-15)18(23)21-10-12-22(13-11-21)19(24)17-4-3-9-20-14-17/h5-8,17,20H,2-4,9-14H2,1H3. The minimum atomic E-state index is 0.0732. The topological polar surface area (TPSA) is 52.7 Å². The lowest BCUT2D eigenvalue weighted by molar-refractivity contribution is -0.137. The van der Waals surface area contributed by atoms with E-state index in [0.717, 1.165) is 37.9 Å². The highest BCUT2D eigenvalue weighted by molar-refractivity contribution is 5.94. The largest absolute Gasteiger partial charge is 0.339 e. The van der Waals surface area contributed by atoms with Crippen LogP contribution in [0.5, 0.6) is 0 Å². The summed E-state index contributed by atoms with van der Waals surface area (Å²) in [5, 5.41) is 3.30. The maximum absolute atomic E-state index is 12.6. The normalized spacial score (nSPS) is 21.6. The Morgan fingerprint density at radius 1 is 1.08 bits per heavy atom. The van der Waals surface area contributed by atoms with Crippen LogP contribution in [-0.2, 0) is 11.2 Å². The molecule has 0 aliphatic carbocycles. The first-order valence-corrected chi connectivity index (χ1v) is 9.06. The zero-order valence-corrected chi connectivity index (χ0v) is 14.5. The van der Waals surface area contributed by atoms with Crippen LogP contribution in [0.15, 0.2) is 24.3 Å². The summed E-state index contributed by atoms with van der Waals surface area (Å²) in [7, 11) is 0. The van der Waals surface area contributed by atoms with Gasteiger partial charge in [-0.15, -0.1) is 0 Å². The fourth-order valence-electron chi connectivity index (χ4n) is 3.52. The van der Waals surface area contributed by atoms with Gasteiger partial charge in [-0.3, -0.25) is 9.59 Å². The van der Waals surface area contributed by atoms with Gasteiger partial charge in [0.15, 0.2) is 0 Å². The molecule has 0 saturated carbocycles. The maximum atomic E-state index is 12.6. The van der Waals surface area contributed by atoms with Crippen molar-refractivity contribution >= 4 is 11.8 Å². The minimum Gasteiger partial charge on any atom is -0.339 e. The van der Waals surface area contributed by atoms with Crippen LogP contribution in [0.4, 0.5) is 0 Å². The van der Waals surface area contributed by atoms with E-state index in [1.165, 1.54) is 5.56 Å². The molecule has 24 heavy (non-hydrogen) atoms. The third-order valence-corrected chi connectivity index (χ3v) is 5.13. The van der Waals surface area contributed by atoms with Crippen molar-refractivity contribution in [3.63, 3.8) is 0 Å². The lowest BCUT2D eigenvalue weighted by Gasteiger charge is -2.37. The first-order chi connectivity index (χ1) is 11.7. The average molecular weight is 329 g/mol. The number of amides is 2. The van der Waals surface area contributed by atoms with Crippen LogP contribution < -0.4 is 5.32 Å². The van der Waals surface area contributed by atoms with Gasteiger partial charge in [0.25, 0.3) is 5.91 Å². The number of piperidine rings is 1. The molecule has 0 radical (unpaired) electrons. The van der Waals surface area contributed by atoms with Gasteiger partial charge in [-0.05, 0) is 43.5 Å². The molecule has 2 aliphatic heterocycles. The Hall–Kier alpha value is -1.88. The molecule has 2 saturated heterocycles. The summed E-state index contributed by atoms with van der Waals surface area (Å²) in [4.78, 5) is 28.9. The third kappa shape index (κ3) is 3.78. The molecule has 0 spiro atoms. The molecule has 2 heterocycles. The van der Waals surface area contributed by atoms with Gasteiger partial charge in [-0.1, -0.05) is 19.1 Å². The number of rotatable bonds is 3. The van der Waals surface area contributed by atoms with E-state index < -0.39 is 0 Å². The lowest BCUT2D eigenvalue weighted by Crippen LogP contribution is -2.53. The maximum Gasteiger partial charge on any atom is 0.253 e. The molecule has 5 nitrogen and oxygen atoms in total. The Bertz CT molecular complexity index is 571. The van der Waals surface area contributed by atoms with Crippen LogP contribution in [-0.4, -0.2) is 60.9 Å². The molecule has 0 bridgehead atoms. The van der Waals surface area contributed by atoms with Crippen molar-refractivity contribution in [2.45, 2.75) is 26.2 Å². The van der Waals surface area contributed by atoms with E-state index in [1.54, 1.807) is 0 Å². The fraction of sp³-hybridized carbons (Fsp3) is 0.579. The molecule has 2 amide bonds. The van der Waals surface area contributed by atoms with Crippen LogP contribution in [0, 0.1) is 5.92 Å². The predicted octanol–water partition coefficient (Wildman–Crippen LogP) is 1.53. The molecular weight excluding hydrogens is 302 g/mol. The van der Waals surface area contributed by atoms with Gasteiger partial charge in [0.05, 0.1) is 5.92 Å². The highest BCUT2D eigenvalue weighted by Crippen LogP contribution is 2.16. The van der Waals surface area contributed by atoms with Crippen LogP contribution >= 0.6 is 0 Å². The Morgan fingerprint density at radius 3 is 2.33 bits per heavy atom. The zero-order chi connectivity index (χ0) is 16.9. The van der Waals surface area contributed by atoms with E-state index in [4.69, 9.17) is 0 Å². The second-order valence-corrected chi connectivity index (χ2v) is 6.71. The van der Waals surface area contributed by atoms with Crippen molar-refractivity contribution in [2.24, 2.45) is 5.92 Å². The summed E-state index contributed by atoms with van der Waals surface area (Å²) in [6, 6.07) is 7.85. The molecule has 1 N–H and O–H groups in total. The molecule has 3 rings (SSSR count). The van der Waals surface area contributed by atoms with Gasteiger partial charge in [0.1, 0.15) is 0 Å². The summed E-state index contributed by atoms with van der Waals surface area (Å²) in [6.07, 6.45) is 3.03. The van der Waals surface area contributed by atoms with Crippen molar-refractivity contribution in [3.8, 4) is 0 Å². The van der Waals surface area contributed by atoms with Crippen molar-refractivity contribution < 1.29 is 9.59 Å². The zero-order valence-electron chi connectivity index (χ0n) is 14.5. The number of hydrogen-bond acceptors (Lipinski definition) is 3. The van der Waals surface area contributed by atoms with Crippen molar-refractivity contribution in [3.05, 3.63) is 35.4 Å². The van der Waals surface area contributed by atoms with E-state index in [-0.39, 0.29) is 17.7 Å². The smallest absolute Gasteiger partial charge is 0.253 e. The highest BCUT2D eigenvalue weighted by Gasteiger charge is 2.29. The summed E-state index contributed by atoms with van der Waals surface area (Å²) < 4.78 is 0. The lowest BCUT2D eigenvalue weighted by atomic mass is 9.98. The molecular formula is C19H27N3O2. The number of carbonyl (C=O) groups is 2. The van der Waals surface area contributed by atoms with Crippen molar-refractivity contribution in [1.29, 1.82) is 0 Å². The summed E-state index contributed by atoms with van der Waals surface area (Å²) in [5.41, 5.74) is 1.98. The summed E-state index contributed by atoms with van der Waals surface area (Å²) in [6.45, 7) is 6.46. The molecule has 1 aromatic carbocycles. The van der Waals surface area contributed by atoms with Gasteiger partial charge in [0.2, 0.25) is 5.91 Å². The van der Waals surface area contributed by atoms with E-state index in [2.05, 4.69) is 12.2 Å². The average Bonchev–Trinajstić information content (AvgIpc) is 2.68. The molecule has 1 atom stereocenters. The number of nitrogens with zero attached hydrogens (tertiary/aromatic N) is 2. The van der Waals surface area contributed by atoms with Crippen LogP contribution in [0.25, 0.3) is 0 Å². The molecule has 1 unspecified atom stereocenters. The first kappa shape index (κ1) is 17.0. The number of aryl methyl sites for hydroxylation is 1. The highest BCUT2D eigenvalue weighted by atomic mass is 16.2. The number of hydrogen-bond donors (Lipinski definition) is 1.